The van der Waals surface area contributed by atoms with Crippen molar-refractivity contribution in [2.24, 2.45) is 5.73 Å². The lowest BCUT2D eigenvalue weighted by Crippen LogP contribution is -2.52. The average Bonchev–Trinajstić information content (AvgIpc) is 2.03. The number of carbonyl (C=O) groups excluding carboxylic acids is 1. The van der Waals surface area contributed by atoms with Crippen LogP contribution in [0.4, 0.5) is 0 Å². The lowest BCUT2D eigenvalue weighted by atomic mass is 10.0. The Morgan fingerprint density at radius 1 is 1.42 bits per heavy atom. The molecule has 0 bridgehead atoms. The highest BCUT2D eigenvalue weighted by Crippen LogP contribution is 2.12. The van der Waals surface area contributed by atoms with Gasteiger partial charge in [0.2, 0.25) is 5.91 Å². The zero-order valence-electron chi connectivity index (χ0n) is 7.84. The van der Waals surface area contributed by atoms with Gasteiger partial charge in [-0.2, -0.15) is 0 Å². The third-order valence-corrected chi connectivity index (χ3v) is 2.04. The Balaban J connectivity index is 2.51. The van der Waals surface area contributed by atoms with Gasteiger partial charge in [-0.3, -0.25) is 4.79 Å². The molecule has 0 aliphatic carbocycles. The largest absolute Gasteiger partial charge is 0.341 e. The molecule has 1 fully saturated rings. The molecule has 1 aliphatic heterocycles. The number of rotatable bonds is 1. The third kappa shape index (κ3) is 2.21. The molecule has 0 aromatic carbocycles. The maximum absolute atomic E-state index is 11.6. The lowest BCUT2D eigenvalue weighted by Gasteiger charge is -2.32. The predicted octanol–water partition coefficient (Wildman–Crippen LogP) is 0.550. The monoisotopic (exact) mass is 169 g/mol. The van der Waals surface area contributed by atoms with Crippen LogP contribution >= 0.6 is 0 Å². The van der Waals surface area contributed by atoms with Crippen molar-refractivity contribution < 1.29 is 4.79 Å². The van der Waals surface area contributed by atoms with Crippen molar-refractivity contribution in [3.63, 3.8) is 0 Å². The minimum absolute atomic E-state index is 0.0654. The van der Waals surface area contributed by atoms with E-state index in [4.69, 9.17) is 5.73 Å². The van der Waals surface area contributed by atoms with Crippen molar-refractivity contribution in [3.8, 4) is 0 Å². The van der Waals surface area contributed by atoms with E-state index in [1.807, 2.05) is 4.90 Å². The molecule has 0 unspecified atom stereocenters. The van der Waals surface area contributed by atoms with Crippen LogP contribution in [0.5, 0.6) is 0 Å². The van der Waals surface area contributed by atoms with E-state index in [1.54, 1.807) is 13.8 Å². The molecule has 1 aliphatic rings. The zero-order chi connectivity index (χ0) is 9.19. The van der Waals surface area contributed by atoms with Crippen LogP contribution in [-0.4, -0.2) is 29.4 Å². The number of nitrogens with zero attached hydrogens (tertiary/aromatic N) is 1. The van der Waals surface area contributed by atoms with Crippen LogP contribution in [-0.2, 0) is 4.79 Å². The summed E-state index contributed by atoms with van der Waals surface area (Å²) in [6.45, 7) is 5.18. The highest BCUT2D eigenvalue weighted by Gasteiger charge is 2.28. The summed E-state index contributed by atoms with van der Waals surface area (Å²) in [4.78, 5) is 13.5. The molecule has 1 saturated heterocycles. The number of amides is 1. The fraction of sp³-hybridized carbons (Fsp3) is 0.778. The molecule has 3 nitrogen and oxygen atoms in total. The Morgan fingerprint density at radius 2 is 1.92 bits per heavy atom. The Hall–Kier alpha value is -0.570. The van der Waals surface area contributed by atoms with Gasteiger partial charge in [-0.25, -0.2) is 0 Å². The Kier molecular flexibility index (Phi) is 2.73. The summed E-state index contributed by atoms with van der Waals surface area (Å²) in [6, 6.07) is 0. The highest BCUT2D eigenvalue weighted by atomic mass is 16.2. The molecule has 1 radical (unpaired) electrons. The molecule has 69 valence electrons. The normalized spacial score (nSPS) is 19.4. The van der Waals surface area contributed by atoms with Crippen molar-refractivity contribution in [1.82, 2.24) is 4.90 Å². The molecular weight excluding hydrogens is 152 g/mol. The van der Waals surface area contributed by atoms with Gasteiger partial charge in [0.15, 0.2) is 0 Å². The maximum atomic E-state index is 11.6. The molecule has 0 saturated carbocycles. The average molecular weight is 169 g/mol. The van der Waals surface area contributed by atoms with Gasteiger partial charge in [0.1, 0.15) is 0 Å². The third-order valence-electron chi connectivity index (χ3n) is 2.04. The summed E-state index contributed by atoms with van der Waals surface area (Å²) >= 11 is 0. The Labute approximate surface area is 73.9 Å². The van der Waals surface area contributed by atoms with Gasteiger partial charge in [0.05, 0.1) is 5.54 Å². The maximum Gasteiger partial charge on any atom is 0.242 e. The van der Waals surface area contributed by atoms with E-state index in [0.717, 1.165) is 25.9 Å². The summed E-state index contributed by atoms with van der Waals surface area (Å²) in [5.41, 5.74) is 5.00. The highest BCUT2D eigenvalue weighted by molar-refractivity contribution is 5.85. The zero-order valence-corrected chi connectivity index (χ0v) is 7.84. The summed E-state index contributed by atoms with van der Waals surface area (Å²) in [7, 11) is 0. The van der Waals surface area contributed by atoms with Crippen LogP contribution in [0, 0.1) is 6.42 Å². The molecule has 0 aromatic rings. The van der Waals surface area contributed by atoms with Gasteiger partial charge in [-0.05, 0) is 33.1 Å². The topological polar surface area (TPSA) is 46.3 Å². The fourth-order valence-electron chi connectivity index (χ4n) is 1.36. The van der Waals surface area contributed by atoms with Crippen molar-refractivity contribution in [3.05, 3.63) is 6.42 Å². The van der Waals surface area contributed by atoms with Gasteiger partial charge in [0, 0.05) is 13.1 Å². The van der Waals surface area contributed by atoms with Crippen LogP contribution in [0.2, 0.25) is 0 Å². The van der Waals surface area contributed by atoms with E-state index in [0.29, 0.717) is 0 Å². The molecule has 1 rings (SSSR count). The van der Waals surface area contributed by atoms with Gasteiger partial charge in [-0.1, -0.05) is 0 Å². The fourth-order valence-corrected chi connectivity index (χ4v) is 1.36. The first-order chi connectivity index (χ1) is 5.52. The summed E-state index contributed by atoms with van der Waals surface area (Å²) < 4.78 is 0. The van der Waals surface area contributed by atoms with Crippen LogP contribution in [0.15, 0.2) is 0 Å². The van der Waals surface area contributed by atoms with Crippen molar-refractivity contribution >= 4 is 5.91 Å². The number of nitrogens with two attached hydrogens (primary N) is 1. The molecule has 1 heterocycles. The summed E-state index contributed by atoms with van der Waals surface area (Å²) in [5.74, 6) is 0.0654. The van der Waals surface area contributed by atoms with E-state index in [-0.39, 0.29) is 5.91 Å². The van der Waals surface area contributed by atoms with E-state index in [1.165, 1.54) is 0 Å². The minimum Gasteiger partial charge on any atom is -0.341 e. The van der Waals surface area contributed by atoms with Crippen LogP contribution in [0.25, 0.3) is 0 Å². The first-order valence-electron chi connectivity index (χ1n) is 4.42. The van der Waals surface area contributed by atoms with Gasteiger partial charge in [0.25, 0.3) is 0 Å². The van der Waals surface area contributed by atoms with Crippen molar-refractivity contribution in [1.29, 1.82) is 0 Å². The SMILES string of the molecule is CC(C)(N)C(=O)N1CC[CH]CC1. The molecule has 0 spiro atoms. The second-order valence-corrected chi connectivity index (χ2v) is 3.88. The first-order valence-corrected chi connectivity index (χ1v) is 4.42. The smallest absolute Gasteiger partial charge is 0.242 e. The van der Waals surface area contributed by atoms with Crippen LogP contribution < -0.4 is 5.73 Å². The number of carbonyl (C=O) groups is 1. The van der Waals surface area contributed by atoms with E-state index in [2.05, 4.69) is 6.42 Å². The van der Waals surface area contributed by atoms with Crippen LogP contribution in [0.3, 0.4) is 0 Å². The molecule has 3 heteroatoms. The van der Waals surface area contributed by atoms with Gasteiger partial charge in [-0.15, -0.1) is 0 Å². The Morgan fingerprint density at radius 3 is 2.33 bits per heavy atom. The predicted molar refractivity (Wildman–Crippen MR) is 48.4 cm³/mol. The summed E-state index contributed by atoms with van der Waals surface area (Å²) in [5, 5.41) is 0. The van der Waals surface area contributed by atoms with Gasteiger partial charge < -0.3 is 10.6 Å². The second kappa shape index (κ2) is 3.44. The van der Waals surface area contributed by atoms with E-state index >= 15 is 0 Å². The molecule has 2 N–H and O–H groups in total. The first kappa shape index (κ1) is 9.52. The molecule has 0 atom stereocenters. The molecule has 0 aromatic heterocycles. The van der Waals surface area contributed by atoms with Crippen LogP contribution in [0.1, 0.15) is 26.7 Å². The Bertz CT molecular complexity index is 166. The van der Waals surface area contributed by atoms with Crippen molar-refractivity contribution in [2.75, 3.05) is 13.1 Å². The number of hydrogen-bond acceptors (Lipinski definition) is 2. The van der Waals surface area contributed by atoms with Crippen molar-refractivity contribution in [2.45, 2.75) is 32.2 Å². The quantitative estimate of drug-likeness (QED) is 0.623. The molecule has 1 amide bonds. The van der Waals surface area contributed by atoms with E-state index < -0.39 is 5.54 Å². The number of piperidine rings is 1. The summed E-state index contributed by atoms with van der Waals surface area (Å²) in [6.07, 6.45) is 4.22. The second-order valence-electron chi connectivity index (χ2n) is 3.88. The standard InChI is InChI=1S/C9H17N2O/c1-9(2,10)8(12)11-6-4-3-5-7-11/h3H,4-7,10H2,1-2H3. The molecular formula is C9H17N2O. The lowest BCUT2D eigenvalue weighted by molar-refractivity contribution is -0.136. The number of hydrogen-bond donors (Lipinski definition) is 1. The van der Waals surface area contributed by atoms with E-state index in [9.17, 15) is 4.79 Å². The minimum atomic E-state index is -0.711. The molecule has 12 heavy (non-hydrogen) atoms. The van der Waals surface area contributed by atoms with Gasteiger partial charge >= 0.3 is 0 Å². The number of likely N-dealkylation sites (tertiary alicyclic amines) is 1.